The molecule has 0 amide bonds. The van der Waals surface area contributed by atoms with Gasteiger partial charge in [0.25, 0.3) is 0 Å². The minimum absolute atomic E-state index is 0.0657. The molecule has 0 saturated carbocycles. The average molecular weight is 749 g/mol. The molecule has 1 unspecified atom stereocenters. The Labute approximate surface area is 309 Å². The predicted octanol–water partition coefficient (Wildman–Crippen LogP) is 2.05. The molecule has 0 aromatic carbocycles. The SMILES string of the molecule is CC[C@H]1OC(=O)[C@H](C)C(O[C@H]2C[C@@](C)(OC)[C@@H](O)[C@H](C)O2)[C@H](C)[C@@H](O[C@@H]2O[C@H](C)C[C@H](N(C)C)[C@H]2O)[C@](C)(O)C[C@@H](C)/C(=N\O)[C@H](C)[C@@H](O)[C@]1(C)O. The van der Waals surface area contributed by atoms with E-state index in [1.165, 1.54) is 14.0 Å². The quantitative estimate of drug-likeness (QED) is 0.125. The molecule has 15 nitrogen and oxygen atoms in total. The van der Waals surface area contributed by atoms with Gasteiger partial charge in [-0.05, 0) is 74.9 Å². The Morgan fingerprint density at radius 3 is 2.08 bits per heavy atom. The molecule has 0 spiro atoms. The monoisotopic (exact) mass is 748 g/mol. The Bertz CT molecular complexity index is 1200. The highest BCUT2D eigenvalue weighted by molar-refractivity contribution is 5.88. The van der Waals surface area contributed by atoms with Crippen LogP contribution in [0.25, 0.3) is 0 Å². The molecule has 0 bridgehead atoms. The fourth-order valence-electron chi connectivity index (χ4n) is 8.61. The maximum absolute atomic E-state index is 14.1. The summed E-state index contributed by atoms with van der Waals surface area (Å²) < 4.78 is 37.2. The molecule has 3 fully saturated rings. The van der Waals surface area contributed by atoms with Crippen molar-refractivity contribution in [1.29, 1.82) is 0 Å². The van der Waals surface area contributed by atoms with Crippen molar-refractivity contribution in [1.82, 2.24) is 4.90 Å². The van der Waals surface area contributed by atoms with E-state index >= 15 is 0 Å². The summed E-state index contributed by atoms with van der Waals surface area (Å²) in [5.74, 6) is -4.24. The number of carbonyl (C=O) groups is 1. The van der Waals surface area contributed by atoms with E-state index in [0.29, 0.717) is 6.42 Å². The third-order valence-electron chi connectivity index (χ3n) is 12.0. The first-order valence-corrected chi connectivity index (χ1v) is 18.7. The smallest absolute Gasteiger partial charge is 0.311 e. The van der Waals surface area contributed by atoms with Crippen molar-refractivity contribution < 1.29 is 64.0 Å². The second-order valence-corrected chi connectivity index (χ2v) is 16.6. The van der Waals surface area contributed by atoms with Gasteiger partial charge in [0.1, 0.15) is 23.9 Å². The molecule has 3 heterocycles. The lowest BCUT2D eigenvalue weighted by Gasteiger charge is -2.49. The Kier molecular flexibility index (Phi) is 15.1. The second-order valence-electron chi connectivity index (χ2n) is 16.6. The van der Waals surface area contributed by atoms with E-state index in [9.17, 15) is 35.5 Å². The van der Waals surface area contributed by atoms with Crippen LogP contribution in [0.15, 0.2) is 5.16 Å². The normalized spacial score (nSPS) is 49.8. The summed E-state index contributed by atoms with van der Waals surface area (Å²) in [5.41, 5.74) is -4.68. The van der Waals surface area contributed by atoms with Crippen molar-refractivity contribution in [3.05, 3.63) is 0 Å². The van der Waals surface area contributed by atoms with Gasteiger partial charge in [-0.1, -0.05) is 32.9 Å². The molecule has 3 aliphatic heterocycles. The fourth-order valence-corrected chi connectivity index (χ4v) is 8.61. The van der Waals surface area contributed by atoms with Gasteiger partial charge in [-0.25, -0.2) is 0 Å². The zero-order valence-electron chi connectivity index (χ0n) is 33.4. The van der Waals surface area contributed by atoms with Gasteiger partial charge in [0.15, 0.2) is 12.6 Å². The van der Waals surface area contributed by atoms with E-state index in [1.807, 2.05) is 25.9 Å². The van der Waals surface area contributed by atoms with Gasteiger partial charge < -0.3 is 64.1 Å². The molecule has 304 valence electrons. The van der Waals surface area contributed by atoms with Crippen LogP contribution in [0.2, 0.25) is 0 Å². The van der Waals surface area contributed by atoms with Gasteiger partial charge >= 0.3 is 5.97 Å². The minimum Gasteiger partial charge on any atom is -0.459 e. The number of aliphatic hydroxyl groups excluding tert-OH is 3. The van der Waals surface area contributed by atoms with Gasteiger partial charge in [-0.15, -0.1) is 0 Å². The van der Waals surface area contributed by atoms with Crippen LogP contribution in [-0.4, -0.2) is 153 Å². The second kappa shape index (κ2) is 17.5. The number of aliphatic hydroxyl groups is 5. The maximum Gasteiger partial charge on any atom is 0.311 e. The van der Waals surface area contributed by atoms with Gasteiger partial charge in [0.2, 0.25) is 0 Å². The molecule has 0 radical (unpaired) electrons. The van der Waals surface area contributed by atoms with Crippen LogP contribution < -0.4 is 0 Å². The van der Waals surface area contributed by atoms with Crippen LogP contribution in [0, 0.1) is 23.7 Å². The van der Waals surface area contributed by atoms with E-state index in [-0.39, 0.29) is 37.1 Å². The average Bonchev–Trinajstić information content (AvgIpc) is 3.06. The molecule has 0 aromatic heterocycles. The van der Waals surface area contributed by atoms with Crippen LogP contribution >= 0.6 is 0 Å². The molecular weight excluding hydrogens is 680 g/mol. The molecule has 18 atom stereocenters. The zero-order valence-corrected chi connectivity index (χ0v) is 33.4. The van der Waals surface area contributed by atoms with Gasteiger partial charge in [0, 0.05) is 37.3 Å². The van der Waals surface area contributed by atoms with Crippen molar-refractivity contribution in [2.45, 2.75) is 179 Å². The molecule has 3 saturated heterocycles. The van der Waals surface area contributed by atoms with Crippen LogP contribution in [0.4, 0.5) is 0 Å². The molecule has 3 aliphatic rings. The van der Waals surface area contributed by atoms with Crippen molar-refractivity contribution in [2.24, 2.45) is 28.8 Å². The first kappa shape index (κ1) is 44.9. The van der Waals surface area contributed by atoms with Crippen LogP contribution in [-0.2, 0) is 33.2 Å². The van der Waals surface area contributed by atoms with Gasteiger partial charge in [-0.2, -0.15) is 0 Å². The number of oxime groups is 1. The van der Waals surface area contributed by atoms with Crippen molar-refractivity contribution in [2.75, 3.05) is 21.2 Å². The summed E-state index contributed by atoms with van der Waals surface area (Å²) in [6.07, 6.45) is -9.51. The number of carbonyl (C=O) groups excluding carboxylic acids is 1. The lowest BCUT2D eigenvalue weighted by molar-refractivity contribution is -0.317. The number of likely N-dealkylation sites (N-methyl/N-ethyl adjacent to an activating group) is 1. The van der Waals surface area contributed by atoms with E-state index < -0.39 is 102 Å². The molecule has 3 rings (SSSR count). The number of rotatable bonds is 7. The van der Waals surface area contributed by atoms with Crippen molar-refractivity contribution in [3.8, 4) is 0 Å². The summed E-state index contributed by atoms with van der Waals surface area (Å²) >= 11 is 0. The van der Waals surface area contributed by atoms with Crippen molar-refractivity contribution >= 4 is 11.7 Å². The maximum atomic E-state index is 14.1. The highest BCUT2D eigenvalue weighted by Crippen LogP contribution is 2.41. The van der Waals surface area contributed by atoms with E-state index in [0.717, 1.165) is 0 Å². The first-order valence-electron chi connectivity index (χ1n) is 18.7. The molecular formula is C37H68N2O13. The summed E-state index contributed by atoms with van der Waals surface area (Å²) in [6.45, 7) is 16.6. The molecule has 0 aromatic rings. The van der Waals surface area contributed by atoms with E-state index in [4.69, 9.17) is 28.4 Å². The Hall–Kier alpha value is -1.50. The van der Waals surface area contributed by atoms with Crippen LogP contribution in [0.3, 0.4) is 0 Å². The first-order chi connectivity index (χ1) is 24.0. The van der Waals surface area contributed by atoms with E-state index in [2.05, 4.69) is 5.16 Å². The summed E-state index contributed by atoms with van der Waals surface area (Å²) in [7, 11) is 5.19. The topological polar surface area (TPSA) is 209 Å². The largest absolute Gasteiger partial charge is 0.459 e. The number of hydrogen-bond acceptors (Lipinski definition) is 15. The molecule has 15 heteroatoms. The summed E-state index contributed by atoms with van der Waals surface area (Å²) in [6, 6.07) is -0.322. The fraction of sp³-hybridized carbons (Fsp3) is 0.946. The number of cyclic esters (lactones) is 1. The minimum atomic E-state index is -1.97. The van der Waals surface area contributed by atoms with Gasteiger partial charge in [0.05, 0.1) is 53.4 Å². The lowest BCUT2D eigenvalue weighted by atomic mass is 9.73. The molecule has 52 heavy (non-hydrogen) atoms. The zero-order chi connectivity index (χ0) is 39.7. The van der Waals surface area contributed by atoms with Crippen molar-refractivity contribution in [3.63, 3.8) is 0 Å². The molecule has 0 aliphatic carbocycles. The summed E-state index contributed by atoms with van der Waals surface area (Å²) in [4.78, 5) is 16.0. The number of ether oxygens (including phenoxy) is 6. The number of esters is 1. The van der Waals surface area contributed by atoms with E-state index in [1.54, 1.807) is 55.4 Å². The Balaban J connectivity index is 2.21. The molecule has 6 N–H and O–H groups in total. The number of methoxy groups -OCH3 is 1. The standard InChI is InChI=1S/C37H68N2O13/c1-14-25-37(10,45)30(41)20(4)27(38-46)18(2)16-35(8,44)32(52-34-28(40)24(39(11)12)15-19(3)48-34)21(5)29(22(6)33(43)50-25)51-26-17-36(9,47-13)31(42)23(7)49-26/h18-26,28-32,34,40-42,44-46H,14-17H2,1-13H3/b38-27+/t18-,19-,20+,21+,22-,23+,24+,25-,26+,28-,29?,30-,31+,32-,34+,35-,36-,37-/m1/s1. The highest BCUT2D eigenvalue weighted by atomic mass is 16.7. The Morgan fingerprint density at radius 2 is 1.54 bits per heavy atom. The predicted molar refractivity (Wildman–Crippen MR) is 190 cm³/mol. The van der Waals surface area contributed by atoms with Crippen LogP contribution in [0.5, 0.6) is 0 Å². The summed E-state index contributed by atoms with van der Waals surface area (Å²) in [5, 5.41) is 71.8. The van der Waals surface area contributed by atoms with Crippen LogP contribution in [0.1, 0.15) is 94.9 Å². The number of hydrogen-bond donors (Lipinski definition) is 6. The third kappa shape index (κ3) is 9.47. The van der Waals surface area contributed by atoms with Gasteiger partial charge in [-0.3, -0.25) is 4.79 Å². The number of nitrogens with zero attached hydrogens (tertiary/aromatic N) is 2. The Morgan fingerprint density at radius 1 is 0.923 bits per heavy atom. The lowest BCUT2D eigenvalue weighted by Crippen LogP contribution is -2.61. The highest BCUT2D eigenvalue weighted by Gasteiger charge is 2.53. The third-order valence-corrected chi connectivity index (χ3v) is 12.0.